The second kappa shape index (κ2) is 8.39. The maximum absolute atomic E-state index is 6.37. The average molecular weight is 384 g/mol. The summed E-state index contributed by atoms with van der Waals surface area (Å²) in [5.74, 6) is 1.94. The highest BCUT2D eigenvalue weighted by atomic mass is 15.3. The van der Waals surface area contributed by atoms with Crippen LogP contribution in [0.15, 0.2) is 24.2 Å². The number of hydrogen-bond acceptors (Lipinski definition) is 9. The number of likely N-dealkylation sites (tertiary alicyclic amines) is 1. The standard InChI is InChI=1S/C19H29N9/c1-4-12(2)16(28-9-5-6-13(20)10-28)15-17(21)24-11-25-18(15)27(3)14-7-8-23-19(22)26-14/h7-8,11,13H,4-6,9-10,20H2,1-3H3,(H2,21,24,25)(H2,22,23,26)/b16-12-. The van der Waals surface area contributed by atoms with Crippen LogP contribution in [0.1, 0.15) is 38.7 Å². The van der Waals surface area contributed by atoms with E-state index >= 15 is 0 Å². The lowest BCUT2D eigenvalue weighted by Gasteiger charge is -2.37. The predicted octanol–water partition coefficient (Wildman–Crippen LogP) is 1.76. The predicted molar refractivity (Wildman–Crippen MR) is 113 cm³/mol. The van der Waals surface area contributed by atoms with E-state index in [4.69, 9.17) is 17.2 Å². The van der Waals surface area contributed by atoms with Crippen LogP contribution in [0.4, 0.5) is 23.4 Å². The minimum atomic E-state index is 0.141. The van der Waals surface area contributed by atoms with Crippen molar-refractivity contribution in [3.63, 3.8) is 0 Å². The molecule has 6 N–H and O–H groups in total. The third-order valence-electron chi connectivity index (χ3n) is 5.12. The van der Waals surface area contributed by atoms with Crippen molar-refractivity contribution < 1.29 is 0 Å². The minimum absolute atomic E-state index is 0.141. The van der Waals surface area contributed by atoms with Gasteiger partial charge in [0.2, 0.25) is 5.95 Å². The van der Waals surface area contributed by atoms with Gasteiger partial charge in [-0.05, 0) is 37.8 Å². The molecule has 3 heterocycles. The van der Waals surface area contributed by atoms with Crippen molar-refractivity contribution in [2.75, 3.05) is 36.5 Å². The zero-order valence-corrected chi connectivity index (χ0v) is 16.8. The van der Waals surface area contributed by atoms with Crippen molar-refractivity contribution in [3.05, 3.63) is 29.7 Å². The molecular weight excluding hydrogens is 354 g/mol. The summed E-state index contributed by atoms with van der Waals surface area (Å²) >= 11 is 0. The Labute approximate surface area is 165 Å². The summed E-state index contributed by atoms with van der Waals surface area (Å²) in [5.41, 5.74) is 21.5. The van der Waals surface area contributed by atoms with E-state index in [1.807, 2.05) is 11.9 Å². The number of hydrogen-bond donors (Lipinski definition) is 3. The molecule has 0 radical (unpaired) electrons. The van der Waals surface area contributed by atoms with Crippen LogP contribution < -0.4 is 22.1 Å². The van der Waals surface area contributed by atoms with Gasteiger partial charge in [0.15, 0.2) is 0 Å². The van der Waals surface area contributed by atoms with E-state index < -0.39 is 0 Å². The number of anilines is 4. The van der Waals surface area contributed by atoms with Crippen molar-refractivity contribution in [2.45, 2.75) is 39.2 Å². The van der Waals surface area contributed by atoms with Crippen molar-refractivity contribution >= 4 is 29.1 Å². The molecule has 1 atom stereocenters. The quantitative estimate of drug-likeness (QED) is 0.705. The molecule has 1 aliphatic heterocycles. The number of nitrogen functional groups attached to an aromatic ring is 2. The second-order valence-electron chi connectivity index (χ2n) is 7.12. The van der Waals surface area contributed by atoms with Gasteiger partial charge in [-0.25, -0.2) is 15.0 Å². The first-order valence-electron chi connectivity index (χ1n) is 9.55. The molecular formula is C19H29N9. The fourth-order valence-corrected chi connectivity index (χ4v) is 3.55. The van der Waals surface area contributed by atoms with E-state index in [2.05, 4.69) is 38.7 Å². The van der Waals surface area contributed by atoms with E-state index in [1.165, 1.54) is 11.9 Å². The van der Waals surface area contributed by atoms with E-state index in [-0.39, 0.29) is 12.0 Å². The van der Waals surface area contributed by atoms with E-state index in [1.54, 1.807) is 12.3 Å². The van der Waals surface area contributed by atoms with Gasteiger partial charge in [0.1, 0.15) is 23.8 Å². The number of nitrogens with zero attached hydrogens (tertiary/aromatic N) is 6. The highest BCUT2D eigenvalue weighted by Crippen LogP contribution is 2.37. The summed E-state index contributed by atoms with van der Waals surface area (Å²) in [4.78, 5) is 21.3. The maximum Gasteiger partial charge on any atom is 0.221 e. The number of piperidine rings is 1. The minimum Gasteiger partial charge on any atom is -0.383 e. The molecule has 9 nitrogen and oxygen atoms in total. The van der Waals surface area contributed by atoms with Gasteiger partial charge in [-0.1, -0.05) is 6.92 Å². The fourth-order valence-electron chi connectivity index (χ4n) is 3.55. The lowest BCUT2D eigenvalue weighted by atomic mass is 9.99. The van der Waals surface area contributed by atoms with Crippen LogP contribution in [-0.4, -0.2) is 51.0 Å². The molecule has 0 bridgehead atoms. The molecule has 1 unspecified atom stereocenters. The molecule has 3 rings (SSSR count). The molecule has 1 saturated heterocycles. The summed E-state index contributed by atoms with van der Waals surface area (Å²) in [6.07, 6.45) is 6.05. The molecule has 9 heteroatoms. The van der Waals surface area contributed by atoms with E-state index in [9.17, 15) is 0 Å². The number of nitrogens with two attached hydrogens (primary N) is 3. The largest absolute Gasteiger partial charge is 0.383 e. The molecule has 2 aromatic rings. The molecule has 0 saturated carbocycles. The summed E-state index contributed by atoms with van der Waals surface area (Å²) in [6.45, 7) is 5.96. The number of aromatic nitrogens is 4. The lowest BCUT2D eigenvalue weighted by molar-refractivity contribution is 0.293. The molecule has 1 aliphatic rings. The smallest absolute Gasteiger partial charge is 0.221 e. The van der Waals surface area contributed by atoms with Gasteiger partial charge >= 0.3 is 0 Å². The van der Waals surface area contributed by atoms with Crippen molar-refractivity contribution in [2.24, 2.45) is 5.73 Å². The monoisotopic (exact) mass is 383 g/mol. The van der Waals surface area contributed by atoms with Gasteiger partial charge in [-0.15, -0.1) is 0 Å². The summed E-state index contributed by atoms with van der Waals surface area (Å²) in [6, 6.07) is 1.92. The number of rotatable bonds is 5. The zero-order chi connectivity index (χ0) is 20.3. The molecule has 0 aliphatic carbocycles. The fraction of sp³-hybridized carbons (Fsp3) is 0.474. The van der Waals surface area contributed by atoms with Crippen molar-refractivity contribution in [1.82, 2.24) is 24.8 Å². The Morgan fingerprint density at radius 2 is 2.07 bits per heavy atom. The van der Waals surface area contributed by atoms with Crippen molar-refractivity contribution in [1.29, 1.82) is 0 Å². The zero-order valence-electron chi connectivity index (χ0n) is 16.8. The van der Waals surface area contributed by atoms with Gasteiger partial charge in [0, 0.05) is 32.4 Å². The van der Waals surface area contributed by atoms with E-state index in [0.29, 0.717) is 17.5 Å². The van der Waals surface area contributed by atoms with Crippen LogP contribution in [0, 0.1) is 0 Å². The van der Waals surface area contributed by atoms with Crippen LogP contribution in [-0.2, 0) is 0 Å². The van der Waals surface area contributed by atoms with Crippen LogP contribution in [0.3, 0.4) is 0 Å². The summed E-state index contributed by atoms with van der Waals surface area (Å²) < 4.78 is 0. The Kier molecular flexibility index (Phi) is 5.93. The molecule has 0 spiro atoms. The second-order valence-corrected chi connectivity index (χ2v) is 7.12. The van der Waals surface area contributed by atoms with Crippen LogP contribution >= 0.6 is 0 Å². The first-order chi connectivity index (χ1) is 13.4. The highest BCUT2D eigenvalue weighted by Gasteiger charge is 2.27. The molecule has 0 aromatic carbocycles. The summed E-state index contributed by atoms with van der Waals surface area (Å²) in [7, 11) is 1.88. The summed E-state index contributed by atoms with van der Waals surface area (Å²) in [5, 5.41) is 0. The van der Waals surface area contributed by atoms with Crippen LogP contribution in [0.2, 0.25) is 0 Å². The Hall–Kier alpha value is -2.94. The SMILES string of the molecule is CC/C(C)=C(/c1c(N)ncnc1N(C)c1ccnc(N)n1)N1CCCC(N)C1. The Morgan fingerprint density at radius 3 is 2.75 bits per heavy atom. The van der Waals surface area contributed by atoms with Crippen molar-refractivity contribution in [3.8, 4) is 0 Å². The van der Waals surface area contributed by atoms with Gasteiger partial charge in [0.05, 0.1) is 11.3 Å². The van der Waals surface area contributed by atoms with Gasteiger partial charge in [0.25, 0.3) is 0 Å². The van der Waals surface area contributed by atoms with Crippen LogP contribution in [0.25, 0.3) is 5.70 Å². The third kappa shape index (κ3) is 3.99. The number of allylic oxidation sites excluding steroid dienone is 1. The molecule has 2 aromatic heterocycles. The van der Waals surface area contributed by atoms with Gasteiger partial charge < -0.3 is 27.0 Å². The third-order valence-corrected chi connectivity index (χ3v) is 5.12. The topological polar surface area (TPSA) is 136 Å². The maximum atomic E-state index is 6.37. The normalized spacial score (nSPS) is 18.0. The van der Waals surface area contributed by atoms with Crippen LogP contribution in [0.5, 0.6) is 0 Å². The first kappa shape index (κ1) is 19.8. The molecule has 150 valence electrons. The first-order valence-corrected chi connectivity index (χ1v) is 9.55. The van der Waals surface area contributed by atoms with Gasteiger partial charge in [-0.3, -0.25) is 0 Å². The molecule has 28 heavy (non-hydrogen) atoms. The molecule has 1 fully saturated rings. The average Bonchev–Trinajstić information content (AvgIpc) is 2.68. The Morgan fingerprint density at radius 1 is 1.29 bits per heavy atom. The molecule has 0 amide bonds. The van der Waals surface area contributed by atoms with E-state index in [0.717, 1.165) is 43.6 Å². The highest BCUT2D eigenvalue weighted by molar-refractivity contribution is 5.83. The Bertz CT molecular complexity index is 864. The Balaban J connectivity index is 2.13. The van der Waals surface area contributed by atoms with Gasteiger partial charge in [-0.2, -0.15) is 4.98 Å². The lowest BCUT2D eigenvalue weighted by Crippen LogP contribution is -2.42.